The number of aromatic nitrogens is 1. The van der Waals surface area contributed by atoms with E-state index >= 15 is 0 Å². The lowest BCUT2D eigenvalue weighted by Gasteiger charge is -2.11. The number of hydrogen-bond acceptors (Lipinski definition) is 2. The molecule has 3 aromatic rings. The van der Waals surface area contributed by atoms with E-state index in [0.29, 0.717) is 0 Å². The highest BCUT2D eigenvalue weighted by molar-refractivity contribution is 6.09. The second-order valence-electron chi connectivity index (χ2n) is 5.60. The average molecular weight is 304 g/mol. The summed E-state index contributed by atoms with van der Waals surface area (Å²) in [5.74, 6) is -0.0742. The van der Waals surface area contributed by atoms with Crippen LogP contribution in [0.25, 0.3) is 10.9 Å². The molecule has 0 saturated carbocycles. The first-order valence-corrected chi connectivity index (χ1v) is 8.02. The van der Waals surface area contributed by atoms with Crippen LogP contribution in [0.4, 0.5) is 5.69 Å². The predicted molar refractivity (Wildman–Crippen MR) is 94.8 cm³/mol. The van der Waals surface area contributed by atoms with Crippen molar-refractivity contribution in [1.29, 1.82) is 0 Å². The van der Waals surface area contributed by atoms with Crippen molar-refractivity contribution in [2.75, 3.05) is 5.32 Å². The number of anilines is 1. The minimum absolute atomic E-state index is 0.0742. The minimum atomic E-state index is -0.0742. The highest BCUT2D eigenvalue weighted by Crippen LogP contribution is 2.22. The molecule has 3 rings (SSSR count). The van der Waals surface area contributed by atoms with E-state index in [-0.39, 0.29) is 5.91 Å². The monoisotopic (exact) mass is 304 g/mol. The maximum absolute atomic E-state index is 12.7. The molecule has 2 aromatic carbocycles. The molecule has 1 aromatic heterocycles. The summed E-state index contributed by atoms with van der Waals surface area (Å²) >= 11 is 0. The molecule has 3 nitrogen and oxygen atoms in total. The molecule has 0 aliphatic rings. The summed E-state index contributed by atoms with van der Waals surface area (Å²) in [6.07, 6.45) is 4.87. The molecule has 0 unspecified atom stereocenters. The van der Waals surface area contributed by atoms with Gasteiger partial charge in [0.2, 0.25) is 0 Å². The maximum atomic E-state index is 12.7. The van der Waals surface area contributed by atoms with Crippen LogP contribution in [0.5, 0.6) is 0 Å². The molecule has 23 heavy (non-hydrogen) atoms. The minimum Gasteiger partial charge on any atom is -0.320 e. The van der Waals surface area contributed by atoms with Gasteiger partial charge in [0.1, 0.15) is 0 Å². The molecule has 3 heteroatoms. The van der Waals surface area contributed by atoms with Gasteiger partial charge < -0.3 is 5.32 Å². The number of unbranched alkanes of at least 4 members (excludes halogenated alkanes) is 1. The first-order chi connectivity index (χ1) is 11.3. The SMILES string of the molecule is CCCCc1ccccc1C(=O)Nc1cccc2cccnc12. The molecule has 0 saturated heterocycles. The third-order valence-corrected chi connectivity index (χ3v) is 3.94. The number of amides is 1. The van der Waals surface area contributed by atoms with Gasteiger partial charge in [-0.15, -0.1) is 0 Å². The Labute approximate surface area is 136 Å². The Morgan fingerprint density at radius 1 is 1.04 bits per heavy atom. The van der Waals surface area contributed by atoms with Gasteiger partial charge in [-0.25, -0.2) is 0 Å². The third-order valence-electron chi connectivity index (χ3n) is 3.94. The number of nitrogens with one attached hydrogen (secondary N) is 1. The summed E-state index contributed by atoms with van der Waals surface area (Å²) in [5.41, 5.74) is 3.40. The Morgan fingerprint density at radius 3 is 2.74 bits per heavy atom. The summed E-state index contributed by atoms with van der Waals surface area (Å²) in [6, 6.07) is 17.5. The summed E-state index contributed by atoms with van der Waals surface area (Å²) in [5, 5.41) is 4.03. The molecule has 0 atom stereocenters. The lowest BCUT2D eigenvalue weighted by molar-refractivity contribution is 0.102. The maximum Gasteiger partial charge on any atom is 0.255 e. The van der Waals surface area contributed by atoms with Gasteiger partial charge in [0, 0.05) is 17.1 Å². The number of nitrogens with zero attached hydrogens (tertiary/aromatic N) is 1. The number of benzene rings is 2. The number of fused-ring (bicyclic) bond motifs is 1. The van der Waals surface area contributed by atoms with Crippen LogP contribution in [0.1, 0.15) is 35.7 Å². The van der Waals surface area contributed by atoms with Crippen molar-refractivity contribution >= 4 is 22.5 Å². The lowest BCUT2D eigenvalue weighted by Crippen LogP contribution is -2.14. The highest BCUT2D eigenvalue weighted by Gasteiger charge is 2.12. The van der Waals surface area contributed by atoms with Gasteiger partial charge in [0.25, 0.3) is 5.91 Å². The van der Waals surface area contributed by atoms with Crippen LogP contribution in [0.3, 0.4) is 0 Å². The van der Waals surface area contributed by atoms with Crippen LogP contribution in [-0.2, 0) is 6.42 Å². The van der Waals surface area contributed by atoms with Crippen molar-refractivity contribution in [3.63, 3.8) is 0 Å². The van der Waals surface area contributed by atoms with Gasteiger partial charge in [-0.3, -0.25) is 9.78 Å². The van der Waals surface area contributed by atoms with Crippen LogP contribution in [-0.4, -0.2) is 10.9 Å². The molecule has 1 N–H and O–H groups in total. The fraction of sp³-hybridized carbons (Fsp3) is 0.200. The zero-order chi connectivity index (χ0) is 16.1. The number of pyridine rings is 1. The van der Waals surface area contributed by atoms with E-state index in [1.165, 1.54) is 0 Å². The van der Waals surface area contributed by atoms with E-state index in [4.69, 9.17) is 0 Å². The standard InChI is InChI=1S/C20H20N2O/c1-2-3-8-15-9-4-5-12-17(15)20(23)22-18-13-6-10-16-11-7-14-21-19(16)18/h4-7,9-14H,2-3,8H2,1H3,(H,22,23). The fourth-order valence-corrected chi connectivity index (χ4v) is 2.72. The van der Waals surface area contributed by atoms with Crippen molar-refractivity contribution in [1.82, 2.24) is 4.98 Å². The van der Waals surface area contributed by atoms with Gasteiger partial charge in [0.15, 0.2) is 0 Å². The molecular weight excluding hydrogens is 284 g/mol. The molecular formula is C20H20N2O. The van der Waals surface area contributed by atoms with Crippen LogP contribution in [0.2, 0.25) is 0 Å². The third kappa shape index (κ3) is 3.39. The molecule has 0 radical (unpaired) electrons. The summed E-state index contributed by atoms with van der Waals surface area (Å²) in [7, 11) is 0. The van der Waals surface area contributed by atoms with E-state index in [0.717, 1.165) is 47.0 Å². The molecule has 1 amide bonds. The van der Waals surface area contributed by atoms with Gasteiger partial charge >= 0.3 is 0 Å². The number of aryl methyl sites for hydroxylation is 1. The highest BCUT2D eigenvalue weighted by atomic mass is 16.1. The Hall–Kier alpha value is -2.68. The van der Waals surface area contributed by atoms with Gasteiger partial charge in [-0.1, -0.05) is 49.7 Å². The zero-order valence-corrected chi connectivity index (χ0v) is 13.3. The van der Waals surface area contributed by atoms with E-state index in [9.17, 15) is 4.79 Å². The van der Waals surface area contributed by atoms with Crippen molar-refractivity contribution in [3.05, 3.63) is 71.9 Å². The molecule has 116 valence electrons. The van der Waals surface area contributed by atoms with Crippen molar-refractivity contribution in [2.24, 2.45) is 0 Å². The number of rotatable bonds is 5. The van der Waals surface area contributed by atoms with E-state index in [1.54, 1.807) is 6.20 Å². The Bertz CT molecular complexity index is 821. The van der Waals surface area contributed by atoms with Gasteiger partial charge in [-0.2, -0.15) is 0 Å². The van der Waals surface area contributed by atoms with Crippen molar-refractivity contribution in [3.8, 4) is 0 Å². The van der Waals surface area contributed by atoms with E-state index < -0.39 is 0 Å². The van der Waals surface area contributed by atoms with E-state index in [1.807, 2.05) is 54.6 Å². The normalized spacial score (nSPS) is 10.7. The van der Waals surface area contributed by atoms with Gasteiger partial charge in [0.05, 0.1) is 11.2 Å². The van der Waals surface area contributed by atoms with Crippen LogP contribution < -0.4 is 5.32 Å². The fourth-order valence-electron chi connectivity index (χ4n) is 2.72. The Morgan fingerprint density at radius 2 is 1.87 bits per heavy atom. The summed E-state index contributed by atoms with van der Waals surface area (Å²) in [6.45, 7) is 2.16. The second kappa shape index (κ2) is 7.05. The predicted octanol–water partition coefficient (Wildman–Crippen LogP) is 4.83. The number of hydrogen-bond donors (Lipinski definition) is 1. The smallest absolute Gasteiger partial charge is 0.255 e. The topological polar surface area (TPSA) is 42.0 Å². The number of para-hydroxylation sites is 1. The molecule has 0 fully saturated rings. The molecule has 0 spiro atoms. The second-order valence-corrected chi connectivity index (χ2v) is 5.60. The average Bonchev–Trinajstić information content (AvgIpc) is 2.60. The van der Waals surface area contributed by atoms with Crippen LogP contribution in [0.15, 0.2) is 60.8 Å². The van der Waals surface area contributed by atoms with Crippen molar-refractivity contribution in [2.45, 2.75) is 26.2 Å². The first-order valence-electron chi connectivity index (χ1n) is 8.02. The largest absolute Gasteiger partial charge is 0.320 e. The van der Waals surface area contributed by atoms with E-state index in [2.05, 4.69) is 17.2 Å². The van der Waals surface area contributed by atoms with Crippen LogP contribution >= 0.6 is 0 Å². The van der Waals surface area contributed by atoms with Gasteiger partial charge in [-0.05, 0) is 36.6 Å². The quantitative estimate of drug-likeness (QED) is 0.733. The number of carbonyl (C=O) groups is 1. The van der Waals surface area contributed by atoms with Crippen LogP contribution in [0, 0.1) is 0 Å². The number of carbonyl (C=O) groups excluding carboxylic acids is 1. The Balaban J connectivity index is 1.89. The molecule has 0 bridgehead atoms. The Kier molecular flexibility index (Phi) is 4.67. The lowest BCUT2D eigenvalue weighted by atomic mass is 10.0. The summed E-state index contributed by atoms with van der Waals surface area (Å²) < 4.78 is 0. The zero-order valence-electron chi connectivity index (χ0n) is 13.3. The summed E-state index contributed by atoms with van der Waals surface area (Å²) in [4.78, 5) is 17.1. The first kappa shape index (κ1) is 15.2. The molecule has 0 aliphatic carbocycles. The molecule has 0 aliphatic heterocycles. The molecule has 1 heterocycles. The van der Waals surface area contributed by atoms with Crippen molar-refractivity contribution < 1.29 is 4.79 Å².